The molecule has 2 saturated heterocycles. The van der Waals surface area contributed by atoms with Gasteiger partial charge in [0.2, 0.25) is 5.91 Å². The van der Waals surface area contributed by atoms with Gasteiger partial charge in [0.25, 0.3) is 0 Å². The first-order chi connectivity index (χ1) is 8.40. The summed E-state index contributed by atoms with van der Waals surface area (Å²) in [4.78, 5) is 13.4. The number of alkyl halides is 3. The number of carbonyl (C=O) groups excluding carboxylic acids is 1. The normalized spacial score (nSPS) is 33.1. The first-order valence-electron chi connectivity index (χ1n) is 6.08. The Labute approximate surface area is 103 Å². The van der Waals surface area contributed by atoms with Crippen LogP contribution in [-0.2, 0) is 4.79 Å². The van der Waals surface area contributed by atoms with Gasteiger partial charge in [-0.2, -0.15) is 13.2 Å². The summed E-state index contributed by atoms with van der Waals surface area (Å²) in [5, 5.41) is 11.6. The Balaban J connectivity index is 2.15. The number of aliphatic hydroxyl groups excluding tert-OH is 1. The molecule has 2 aliphatic heterocycles. The number of aliphatic hydroxyl groups is 1. The van der Waals surface area contributed by atoms with Crippen molar-refractivity contribution in [3.63, 3.8) is 0 Å². The van der Waals surface area contributed by atoms with Crippen molar-refractivity contribution in [2.24, 2.45) is 11.3 Å². The monoisotopic (exact) mass is 266 g/mol. The van der Waals surface area contributed by atoms with Gasteiger partial charge in [0.15, 0.2) is 5.41 Å². The number of likely N-dealkylation sites (tertiary alicyclic amines) is 1. The molecule has 0 aromatic heterocycles. The lowest BCUT2D eigenvalue weighted by molar-refractivity contribution is -0.221. The van der Waals surface area contributed by atoms with Gasteiger partial charge in [-0.1, -0.05) is 0 Å². The maximum atomic E-state index is 13.2. The fourth-order valence-corrected chi connectivity index (χ4v) is 2.71. The second-order valence-electron chi connectivity index (χ2n) is 5.10. The SMILES string of the molecule is O=C(N1CCC(CO)C1)C1(C(F)(F)F)CCNC1. The quantitative estimate of drug-likeness (QED) is 0.759. The highest BCUT2D eigenvalue weighted by atomic mass is 19.4. The molecule has 0 aromatic rings. The van der Waals surface area contributed by atoms with E-state index < -0.39 is 17.5 Å². The van der Waals surface area contributed by atoms with E-state index in [1.54, 1.807) is 0 Å². The molecule has 104 valence electrons. The molecule has 2 N–H and O–H groups in total. The summed E-state index contributed by atoms with van der Waals surface area (Å²) in [6.45, 7) is 0.328. The molecular weight excluding hydrogens is 249 g/mol. The Morgan fingerprint density at radius 1 is 1.50 bits per heavy atom. The van der Waals surface area contributed by atoms with E-state index >= 15 is 0 Å². The molecule has 2 heterocycles. The highest BCUT2D eigenvalue weighted by Crippen LogP contribution is 2.45. The fourth-order valence-electron chi connectivity index (χ4n) is 2.71. The van der Waals surface area contributed by atoms with Crippen LogP contribution in [0.25, 0.3) is 0 Å². The van der Waals surface area contributed by atoms with Crippen molar-refractivity contribution in [3.8, 4) is 0 Å². The van der Waals surface area contributed by atoms with Gasteiger partial charge < -0.3 is 15.3 Å². The third-order valence-electron chi connectivity index (χ3n) is 3.94. The van der Waals surface area contributed by atoms with Crippen molar-refractivity contribution in [1.82, 2.24) is 10.2 Å². The minimum Gasteiger partial charge on any atom is -0.396 e. The number of amides is 1. The number of nitrogens with zero attached hydrogens (tertiary/aromatic N) is 1. The van der Waals surface area contributed by atoms with E-state index in [1.165, 1.54) is 4.90 Å². The van der Waals surface area contributed by atoms with Gasteiger partial charge >= 0.3 is 6.18 Å². The number of hydrogen-bond acceptors (Lipinski definition) is 3. The van der Waals surface area contributed by atoms with Crippen molar-refractivity contribution in [3.05, 3.63) is 0 Å². The van der Waals surface area contributed by atoms with Crippen LogP contribution >= 0.6 is 0 Å². The predicted octanol–water partition coefficient (Wildman–Crippen LogP) is 0.369. The Bertz CT molecular complexity index is 327. The average molecular weight is 266 g/mol. The number of rotatable bonds is 2. The second-order valence-corrected chi connectivity index (χ2v) is 5.10. The Morgan fingerprint density at radius 3 is 2.67 bits per heavy atom. The molecule has 2 atom stereocenters. The zero-order valence-electron chi connectivity index (χ0n) is 9.96. The summed E-state index contributed by atoms with van der Waals surface area (Å²) < 4.78 is 39.5. The van der Waals surface area contributed by atoms with Crippen molar-refractivity contribution < 1.29 is 23.1 Å². The lowest BCUT2D eigenvalue weighted by atomic mass is 9.84. The van der Waals surface area contributed by atoms with Crippen LogP contribution < -0.4 is 5.32 Å². The smallest absolute Gasteiger partial charge is 0.396 e. The maximum Gasteiger partial charge on any atom is 0.404 e. The zero-order valence-corrected chi connectivity index (χ0v) is 9.96. The molecular formula is C11H17F3N2O2. The van der Waals surface area contributed by atoms with Gasteiger partial charge in [-0.3, -0.25) is 4.79 Å². The number of nitrogens with one attached hydrogen (secondary N) is 1. The molecule has 0 spiro atoms. The molecule has 2 fully saturated rings. The molecule has 2 unspecified atom stereocenters. The van der Waals surface area contributed by atoms with Gasteiger partial charge in [-0.05, 0) is 19.4 Å². The predicted molar refractivity (Wildman–Crippen MR) is 57.7 cm³/mol. The molecule has 7 heteroatoms. The van der Waals surface area contributed by atoms with Crippen LogP contribution in [0.5, 0.6) is 0 Å². The number of hydrogen-bond donors (Lipinski definition) is 2. The standard InChI is InChI=1S/C11H17F3N2O2/c12-11(13,14)10(2-3-15-7-10)9(18)16-4-1-8(5-16)6-17/h8,15,17H,1-7H2. The average Bonchev–Trinajstić information content (AvgIpc) is 2.97. The van der Waals surface area contributed by atoms with Gasteiger partial charge in [0, 0.05) is 32.2 Å². The summed E-state index contributed by atoms with van der Waals surface area (Å²) >= 11 is 0. The molecule has 0 saturated carbocycles. The van der Waals surface area contributed by atoms with E-state index in [9.17, 15) is 18.0 Å². The van der Waals surface area contributed by atoms with Gasteiger partial charge in [0.1, 0.15) is 0 Å². The summed E-state index contributed by atoms with van der Waals surface area (Å²) in [5.41, 5.74) is -2.27. The van der Waals surface area contributed by atoms with Crippen LogP contribution in [-0.4, -0.2) is 54.9 Å². The third kappa shape index (κ3) is 2.09. The minimum absolute atomic E-state index is 0.0823. The lowest BCUT2D eigenvalue weighted by Gasteiger charge is -2.33. The van der Waals surface area contributed by atoms with Crippen LogP contribution in [0.2, 0.25) is 0 Å². The zero-order chi connectivity index (χ0) is 13.4. The van der Waals surface area contributed by atoms with Crippen LogP contribution in [0.3, 0.4) is 0 Å². The largest absolute Gasteiger partial charge is 0.404 e. The Morgan fingerprint density at radius 2 is 2.22 bits per heavy atom. The van der Waals surface area contributed by atoms with Gasteiger partial charge in [-0.25, -0.2) is 0 Å². The topological polar surface area (TPSA) is 52.6 Å². The number of halogens is 3. The molecule has 18 heavy (non-hydrogen) atoms. The van der Waals surface area contributed by atoms with Crippen molar-refractivity contribution in [1.29, 1.82) is 0 Å². The van der Waals surface area contributed by atoms with E-state index in [0.29, 0.717) is 13.0 Å². The first kappa shape index (κ1) is 13.6. The van der Waals surface area contributed by atoms with E-state index in [2.05, 4.69) is 5.32 Å². The molecule has 0 bridgehead atoms. The highest BCUT2D eigenvalue weighted by molar-refractivity contribution is 5.84. The van der Waals surface area contributed by atoms with Crippen molar-refractivity contribution >= 4 is 5.91 Å². The van der Waals surface area contributed by atoms with Gasteiger partial charge in [-0.15, -0.1) is 0 Å². The van der Waals surface area contributed by atoms with E-state index in [-0.39, 0.29) is 38.6 Å². The van der Waals surface area contributed by atoms with Crippen LogP contribution in [0.15, 0.2) is 0 Å². The summed E-state index contributed by atoms with van der Waals surface area (Å²) in [6, 6.07) is 0. The highest BCUT2D eigenvalue weighted by Gasteiger charge is 2.62. The van der Waals surface area contributed by atoms with Crippen LogP contribution in [0.4, 0.5) is 13.2 Å². The fraction of sp³-hybridized carbons (Fsp3) is 0.909. The molecule has 0 aromatic carbocycles. The maximum absolute atomic E-state index is 13.2. The second kappa shape index (κ2) is 4.70. The van der Waals surface area contributed by atoms with E-state index in [4.69, 9.17) is 5.11 Å². The number of carbonyl (C=O) groups is 1. The first-order valence-corrected chi connectivity index (χ1v) is 6.08. The van der Waals surface area contributed by atoms with Gasteiger partial charge in [0.05, 0.1) is 0 Å². The van der Waals surface area contributed by atoms with Crippen molar-refractivity contribution in [2.45, 2.75) is 19.0 Å². The summed E-state index contributed by atoms with van der Waals surface area (Å²) in [6.07, 6.45) is -4.15. The third-order valence-corrected chi connectivity index (χ3v) is 3.94. The van der Waals surface area contributed by atoms with Crippen LogP contribution in [0.1, 0.15) is 12.8 Å². The molecule has 2 aliphatic rings. The van der Waals surface area contributed by atoms with Crippen LogP contribution in [0, 0.1) is 11.3 Å². The Kier molecular flexibility index (Phi) is 3.55. The molecule has 0 aliphatic carbocycles. The molecule has 1 amide bonds. The van der Waals surface area contributed by atoms with Crippen molar-refractivity contribution in [2.75, 3.05) is 32.8 Å². The molecule has 4 nitrogen and oxygen atoms in total. The van der Waals surface area contributed by atoms with E-state index in [0.717, 1.165) is 0 Å². The summed E-state index contributed by atoms with van der Waals surface area (Å²) in [5.74, 6) is -0.926. The van der Waals surface area contributed by atoms with E-state index in [1.807, 2.05) is 0 Å². The minimum atomic E-state index is -4.52. The lowest BCUT2D eigenvalue weighted by Crippen LogP contribution is -2.53. The molecule has 2 rings (SSSR count). The summed E-state index contributed by atoms with van der Waals surface area (Å²) in [7, 11) is 0. The Hall–Kier alpha value is -0.820. The molecule has 0 radical (unpaired) electrons.